The van der Waals surface area contributed by atoms with Gasteiger partial charge in [-0.3, -0.25) is 4.79 Å². The zero-order chi connectivity index (χ0) is 12.1. The molecule has 6 nitrogen and oxygen atoms in total. The molecule has 1 aromatic heterocycles. The maximum Gasteiger partial charge on any atom is 0.259 e. The van der Waals surface area contributed by atoms with Gasteiger partial charge in [-0.2, -0.15) is 0 Å². The number of carbonyl (C=O) groups is 1. The molecule has 1 rings (SSSR count). The van der Waals surface area contributed by atoms with Gasteiger partial charge >= 0.3 is 0 Å². The van der Waals surface area contributed by atoms with Gasteiger partial charge in [0.15, 0.2) is 5.84 Å². The Labute approximate surface area is 97.3 Å². The topological polar surface area (TPSA) is 92.1 Å². The number of amides is 1. The number of carbonyl (C=O) groups excluding carboxylic acids is 1. The first-order chi connectivity index (χ1) is 7.60. The number of amidine groups is 1. The van der Waals surface area contributed by atoms with Crippen LogP contribution in [0.4, 0.5) is 0 Å². The minimum Gasteiger partial charge on any atom is -0.452 e. The van der Waals surface area contributed by atoms with Crippen molar-refractivity contribution >= 4 is 23.3 Å². The molecular formula is C9H12ClN3O3. The highest BCUT2D eigenvalue weighted by Gasteiger charge is 2.19. The molecule has 88 valence electrons. The summed E-state index contributed by atoms with van der Waals surface area (Å²) in [5.41, 5.74) is 5.59. The Bertz CT molecular complexity index is 402. The van der Waals surface area contributed by atoms with Crippen LogP contribution in [0, 0.1) is 0 Å². The largest absolute Gasteiger partial charge is 0.452 e. The predicted octanol–water partition coefficient (Wildman–Crippen LogP) is 1.14. The Morgan fingerprint density at radius 3 is 2.88 bits per heavy atom. The lowest BCUT2D eigenvalue weighted by Gasteiger charge is -2.19. The molecule has 0 aliphatic rings. The fraction of sp³-hybridized carbons (Fsp3) is 0.333. The number of hydrogen-bond donors (Lipinski definition) is 2. The van der Waals surface area contributed by atoms with Gasteiger partial charge in [0.2, 0.25) is 5.22 Å². The summed E-state index contributed by atoms with van der Waals surface area (Å²) in [7, 11) is 0. The lowest BCUT2D eigenvalue weighted by molar-refractivity contribution is 0.0785. The van der Waals surface area contributed by atoms with Crippen molar-refractivity contribution in [1.29, 1.82) is 0 Å². The first-order valence-electron chi connectivity index (χ1n) is 4.58. The minimum atomic E-state index is -0.326. The van der Waals surface area contributed by atoms with Crippen molar-refractivity contribution in [3.8, 4) is 0 Å². The number of rotatable bonds is 4. The van der Waals surface area contributed by atoms with Crippen LogP contribution >= 0.6 is 11.6 Å². The van der Waals surface area contributed by atoms with Gasteiger partial charge < -0.3 is 20.3 Å². The van der Waals surface area contributed by atoms with Gasteiger partial charge in [0.25, 0.3) is 5.91 Å². The van der Waals surface area contributed by atoms with E-state index < -0.39 is 0 Å². The fourth-order valence-electron chi connectivity index (χ4n) is 1.17. The molecule has 0 bridgehead atoms. The van der Waals surface area contributed by atoms with E-state index in [2.05, 4.69) is 5.16 Å². The second-order valence-corrected chi connectivity index (χ2v) is 3.36. The Morgan fingerprint density at radius 2 is 2.44 bits per heavy atom. The number of furan rings is 1. The second kappa shape index (κ2) is 5.41. The third kappa shape index (κ3) is 2.66. The van der Waals surface area contributed by atoms with Crippen LogP contribution < -0.4 is 5.73 Å². The molecule has 1 amide bonds. The Balaban J connectivity index is 2.82. The lowest BCUT2D eigenvalue weighted by atomic mass is 10.3. The smallest absolute Gasteiger partial charge is 0.259 e. The van der Waals surface area contributed by atoms with Crippen molar-refractivity contribution in [2.45, 2.75) is 6.92 Å². The highest BCUT2D eigenvalue weighted by Crippen LogP contribution is 2.18. The summed E-state index contributed by atoms with van der Waals surface area (Å²) >= 11 is 5.68. The van der Waals surface area contributed by atoms with Gasteiger partial charge in [-0.15, -0.1) is 0 Å². The average Bonchev–Trinajstić information content (AvgIpc) is 2.71. The van der Waals surface area contributed by atoms with E-state index >= 15 is 0 Å². The van der Waals surface area contributed by atoms with Crippen molar-refractivity contribution in [2.24, 2.45) is 10.9 Å². The third-order valence-electron chi connectivity index (χ3n) is 2.00. The molecule has 3 N–H and O–H groups in total. The number of likely N-dealkylation sites (N-methyl/N-ethyl adjacent to an activating group) is 1. The van der Waals surface area contributed by atoms with E-state index in [4.69, 9.17) is 27.0 Å². The van der Waals surface area contributed by atoms with Crippen molar-refractivity contribution < 1.29 is 14.4 Å². The van der Waals surface area contributed by atoms with Gasteiger partial charge in [0.05, 0.1) is 18.4 Å². The molecule has 16 heavy (non-hydrogen) atoms. The molecular weight excluding hydrogens is 234 g/mol. The van der Waals surface area contributed by atoms with Crippen molar-refractivity contribution in [2.75, 3.05) is 13.1 Å². The van der Waals surface area contributed by atoms with E-state index in [1.165, 1.54) is 17.2 Å². The van der Waals surface area contributed by atoms with Crippen molar-refractivity contribution in [3.05, 3.63) is 23.1 Å². The van der Waals surface area contributed by atoms with Crippen LogP contribution in [0.25, 0.3) is 0 Å². The van der Waals surface area contributed by atoms with Crippen molar-refractivity contribution in [3.63, 3.8) is 0 Å². The monoisotopic (exact) mass is 245 g/mol. The maximum atomic E-state index is 11.9. The number of oxime groups is 1. The van der Waals surface area contributed by atoms with E-state index in [1.54, 1.807) is 6.92 Å². The second-order valence-electron chi connectivity index (χ2n) is 3.02. The van der Waals surface area contributed by atoms with Crippen LogP contribution in [0.5, 0.6) is 0 Å². The molecule has 0 aliphatic carbocycles. The Morgan fingerprint density at radius 1 is 1.75 bits per heavy atom. The summed E-state index contributed by atoms with van der Waals surface area (Å²) in [6.45, 7) is 2.22. The van der Waals surface area contributed by atoms with Gasteiger partial charge in [-0.1, -0.05) is 5.16 Å². The van der Waals surface area contributed by atoms with Gasteiger partial charge in [0, 0.05) is 6.54 Å². The SMILES string of the molecule is CCN(C/C(N)=N/O)C(=O)c1ccoc1Cl. The van der Waals surface area contributed by atoms with E-state index in [9.17, 15) is 4.79 Å². The molecule has 1 aromatic rings. The van der Waals surface area contributed by atoms with Crippen LogP contribution in [0.3, 0.4) is 0 Å². The highest BCUT2D eigenvalue weighted by atomic mass is 35.5. The average molecular weight is 246 g/mol. The normalized spacial score (nSPS) is 11.5. The van der Waals surface area contributed by atoms with Gasteiger partial charge in [0.1, 0.15) is 0 Å². The number of halogens is 1. The van der Waals surface area contributed by atoms with Crippen LogP contribution in [0.1, 0.15) is 17.3 Å². The third-order valence-corrected chi connectivity index (χ3v) is 2.29. The maximum absolute atomic E-state index is 11.9. The van der Waals surface area contributed by atoms with E-state index in [1.807, 2.05) is 0 Å². The number of nitrogens with zero attached hydrogens (tertiary/aromatic N) is 2. The van der Waals surface area contributed by atoms with E-state index in [-0.39, 0.29) is 29.1 Å². The van der Waals surface area contributed by atoms with Crippen LogP contribution in [-0.4, -0.2) is 34.9 Å². The molecule has 0 spiro atoms. The molecule has 0 fully saturated rings. The molecule has 0 aromatic carbocycles. The molecule has 7 heteroatoms. The molecule has 0 atom stereocenters. The zero-order valence-electron chi connectivity index (χ0n) is 8.68. The first kappa shape index (κ1) is 12.4. The molecule has 0 aliphatic heterocycles. The summed E-state index contributed by atoms with van der Waals surface area (Å²) in [5, 5.41) is 11.3. The quantitative estimate of drug-likeness (QED) is 0.360. The minimum absolute atomic E-state index is 0.0305. The molecule has 0 radical (unpaired) electrons. The lowest BCUT2D eigenvalue weighted by Crippen LogP contribution is -2.38. The summed E-state index contributed by atoms with van der Waals surface area (Å²) in [6, 6.07) is 1.47. The van der Waals surface area contributed by atoms with Crippen LogP contribution in [0.2, 0.25) is 5.22 Å². The molecule has 1 heterocycles. The van der Waals surface area contributed by atoms with Crippen molar-refractivity contribution in [1.82, 2.24) is 4.90 Å². The Kier molecular flexibility index (Phi) is 4.19. The first-order valence-corrected chi connectivity index (χ1v) is 4.96. The summed E-state index contributed by atoms with van der Waals surface area (Å²) < 4.78 is 4.82. The summed E-state index contributed by atoms with van der Waals surface area (Å²) in [4.78, 5) is 13.3. The van der Waals surface area contributed by atoms with Crippen LogP contribution in [0.15, 0.2) is 21.9 Å². The van der Waals surface area contributed by atoms with Gasteiger partial charge in [-0.05, 0) is 24.6 Å². The molecule has 0 saturated heterocycles. The van der Waals surface area contributed by atoms with Crippen LogP contribution in [-0.2, 0) is 0 Å². The van der Waals surface area contributed by atoms with E-state index in [0.717, 1.165) is 0 Å². The number of hydrogen-bond acceptors (Lipinski definition) is 4. The zero-order valence-corrected chi connectivity index (χ0v) is 9.44. The summed E-state index contributed by atoms with van der Waals surface area (Å²) in [6.07, 6.45) is 1.33. The number of nitrogens with two attached hydrogens (primary N) is 1. The molecule has 0 saturated carbocycles. The summed E-state index contributed by atoms with van der Waals surface area (Å²) in [5.74, 6) is -0.373. The standard InChI is InChI=1S/C9H12ClN3O3/c1-2-13(5-7(11)12-15)9(14)6-3-4-16-8(6)10/h3-4,15H,2,5H2,1H3,(H2,11,12). The Hall–Kier alpha value is -1.69. The van der Waals surface area contributed by atoms with Gasteiger partial charge in [-0.25, -0.2) is 0 Å². The fourth-order valence-corrected chi connectivity index (χ4v) is 1.37. The van der Waals surface area contributed by atoms with E-state index in [0.29, 0.717) is 6.54 Å². The molecule has 0 unspecified atom stereocenters. The predicted molar refractivity (Wildman–Crippen MR) is 58.7 cm³/mol. The highest BCUT2D eigenvalue weighted by molar-refractivity contribution is 6.32.